The molecule has 7 heteroatoms. The minimum Gasteiger partial charge on any atom is -0.371 e. The molecule has 1 aliphatic heterocycles. The first-order valence-electron chi connectivity index (χ1n) is 8.01. The maximum absolute atomic E-state index is 12.3. The molecular formula is C16H24N4O3. The molecule has 0 atom stereocenters. The number of benzene rings is 1. The van der Waals surface area contributed by atoms with Gasteiger partial charge in [-0.1, -0.05) is 12.1 Å². The molecule has 7 nitrogen and oxygen atoms in total. The molecule has 23 heavy (non-hydrogen) atoms. The number of nitrogens with zero attached hydrogens (tertiary/aromatic N) is 2. The van der Waals surface area contributed by atoms with Gasteiger partial charge in [0, 0.05) is 19.2 Å². The summed E-state index contributed by atoms with van der Waals surface area (Å²) in [5.74, 6) is 0.671. The summed E-state index contributed by atoms with van der Waals surface area (Å²) in [4.78, 5) is 24.6. The number of para-hydroxylation sites is 2. The van der Waals surface area contributed by atoms with E-state index < -0.39 is 4.92 Å². The lowest BCUT2D eigenvalue weighted by atomic mass is 9.93. The molecule has 2 rings (SSSR count). The molecule has 0 aromatic heterocycles. The van der Waals surface area contributed by atoms with E-state index in [0.717, 1.165) is 38.9 Å². The van der Waals surface area contributed by atoms with Crippen LogP contribution in [0, 0.1) is 16.0 Å². The lowest BCUT2D eigenvalue weighted by molar-refractivity contribution is -0.383. The summed E-state index contributed by atoms with van der Waals surface area (Å²) >= 11 is 0. The Labute approximate surface area is 136 Å². The topological polar surface area (TPSA) is 87.5 Å². The van der Waals surface area contributed by atoms with Gasteiger partial charge in [-0.15, -0.1) is 0 Å². The second kappa shape index (κ2) is 8.47. The summed E-state index contributed by atoms with van der Waals surface area (Å²) in [5.41, 5.74) is 0.376. The number of carbonyl (C=O) groups is 1. The van der Waals surface area contributed by atoms with Crippen LogP contribution in [0.2, 0.25) is 0 Å². The molecule has 0 saturated carbocycles. The van der Waals surface area contributed by atoms with Crippen molar-refractivity contribution in [2.45, 2.75) is 19.3 Å². The van der Waals surface area contributed by atoms with Gasteiger partial charge in [-0.05, 0) is 44.8 Å². The van der Waals surface area contributed by atoms with Gasteiger partial charge >= 0.3 is 0 Å². The number of nitro benzene ring substituents is 1. The van der Waals surface area contributed by atoms with Gasteiger partial charge in [0.05, 0.1) is 11.5 Å². The smallest absolute Gasteiger partial charge is 0.292 e. The van der Waals surface area contributed by atoms with Crippen LogP contribution in [0.4, 0.5) is 11.4 Å². The average Bonchev–Trinajstić information content (AvgIpc) is 2.58. The molecule has 1 heterocycles. The Hall–Kier alpha value is -2.15. The van der Waals surface area contributed by atoms with Gasteiger partial charge in [0.25, 0.3) is 5.69 Å². The van der Waals surface area contributed by atoms with Gasteiger partial charge in [-0.3, -0.25) is 14.9 Å². The zero-order valence-electron chi connectivity index (χ0n) is 13.5. The zero-order valence-corrected chi connectivity index (χ0v) is 13.5. The number of carbonyl (C=O) groups excluding carboxylic acids is 1. The Bertz CT molecular complexity index is 542. The van der Waals surface area contributed by atoms with E-state index in [1.807, 2.05) is 11.9 Å². The van der Waals surface area contributed by atoms with Crippen LogP contribution >= 0.6 is 0 Å². The van der Waals surface area contributed by atoms with E-state index in [9.17, 15) is 14.9 Å². The van der Waals surface area contributed by atoms with E-state index >= 15 is 0 Å². The van der Waals surface area contributed by atoms with Crippen molar-refractivity contribution >= 4 is 17.3 Å². The van der Waals surface area contributed by atoms with Gasteiger partial charge < -0.3 is 15.5 Å². The first kappa shape index (κ1) is 17.2. The Kier molecular flexibility index (Phi) is 6.34. The molecule has 0 bridgehead atoms. The molecular weight excluding hydrogens is 296 g/mol. The molecule has 0 spiro atoms. The van der Waals surface area contributed by atoms with E-state index in [1.165, 1.54) is 6.07 Å². The highest BCUT2D eigenvalue weighted by Crippen LogP contribution is 2.23. The van der Waals surface area contributed by atoms with Gasteiger partial charge in [0.1, 0.15) is 5.69 Å². The summed E-state index contributed by atoms with van der Waals surface area (Å²) < 4.78 is 0. The second-order valence-electron chi connectivity index (χ2n) is 5.84. The molecule has 1 saturated heterocycles. The Balaban J connectivity index is 1.81. The maximum atomic E-state index is 12.3. The van der Waals surface area contributed by atoms with Crippen molar-refractivity contribution in [2.75, 3.05) is 38.5 Å². The van der Waals surface area contributed by atoms with Crippen LogP contribution in [-0.4, -0.2) is 49.0 Å². The third-order valence-corrected chi connectivity index (χ3v) is 4.30. The highest BCUT2D eigenvalue weighted by atomic mass is 16.6. The van der Waals surface area contributed by atoms with Crippen molar-refractivity contribution in [3.05, 3.63) is 34.4 Å². The minimum absolute atomic E-state index is 0.00443. The van der Waals surface area contributed by atoms with E-state index in [0.29, 0.717) is 11.6 Å². The van der Waals surface area contributed by atoms with Crippen LogP contribution in [0.15, 0.2) is 24.3 Å². The number of hydrogen-bond donors (Lipinski definition) is 2. The molecule has 126 valence electrons. The number of nitro groups is 1. The SMILES string of the molecule is CNCCC1CCN(C(=O)CNc2ccccc2[N+](=O)[O-])CC1. The van der Waals surface area contributed by atoms with Crippen molar-refractivity contribution in [3.8, 4) is 0 Å². The van der Waals surface area contributed by atoms with Gasteiger partial charge in [0.15, 0.2) is 0 Å². The monoisotopic (exact) mass is 320 g/mol. The summed E-state index contributed by atoms with van der Waals surface area (Å²) in [6, 6.07) is 6.38. The van der Waals surface area contributed by atoms with Gasteiger partial charge in [-0.25, -0.2) is 0 Å². The quantitative estimate of drug-likeness (QED) is 0.591. The number of likely N-dealkylation sites (tertiary alicyclic amines) is 1. The van der Waals surface area contributed by atoms with Crippen LogP contribution < -0.4 is 10.6 Å². The Morgan fingerprint density at radius 1 is 1.35 bits per heavy atom. The Morgan fingerprint density at radius 3 is 2.70 bits per heavy atom. The number of rotatable bonds is 7. The summed E-state index contributed by atoms with van der Waals surface area (Å²) in [6.07, 6.45) is 3.20. The van der Waals surface area contributed by atoms with E-state index in [2.05, 4.69) is 10.6 Å². The number of piperidine rings is 1. The zero-order chi connectivity index (χ0) is 16.7. The molecule has 0 unspecified atom stereocenters. The van der Waals surface area contributed by atoms with E-state index in [1.54, 1.807) is 18.2 Å². The first-order valence-corrected chi connectivity index (χ1v) is 8.01. The molecule has 1 aliphatic rings. The fraction of sp³-hybridized carbons (Fsp3) is 0.562. The highest BCUT2D eigenvalue weighted by molar-refractivity contribution is 5.81. The highest BCUT2D eigenvalue weighted by Gasteiger charge is 2.22. The third-order valence-electron chi connectivity index (χ3n) is 4.30. The fourth-order valence-corrected chi connectivity index (χ4v) is 2.88. The van der Waals surface area contributed by atoms with E-state index in [-0.39, 0.29) is 18.1 Å². The van der Waals surface area contributed by atoms with Crippen LogP contribution in [0.3, 0.4) is 0 Å². The van der Waals surface area contributed by atoms with Crippen molar-refractivity contribution in [1.29, 1.82) is 0 Å². The average molecular weight is 320 g/mol. The van der Waals surface area contributed by atoms with Crippen LogP contribution in [0.1, 0.15) is 19.3 Å². The predicted molar refractivity (Wildman–Crippen MR) is 89.4 cm³/mol. The van der Waals surface area contributed by atoms with Crippen molar-refractivity contribution < 1.29 is 9.72 Å². The van der Waals surface area contributed by atoms with Crippen molar-refractivity contribution in [3.63, 3.8) is 0 Å². The molecule has 2 N–H and O–H groups in total. The molecule has 1 amide bonds. The fourth-order valence-electron chi connectivity index (χ4n) is 2.88. The van der Waals surface area contributed by atoms with Crippen LogP contribution in [-0.2, 0) is 4.79 Å². The van der Waals surface area contributed by atoms with Crippen molar-refractivity contribution in [1.82, 2.24) is 10.2 Å². The number of anilines is 1. The lowest BCUT2D eigenvalue weighted by Gasteiger charge is -2.32. The molecule has 0 aliphatic carbocycles. The van der Waals surface area contributed by atoms with Crippen LogP contribution in [0.25, 0.3) is 0 Å². The molecule has 1 aromatic rings. The lowest BCUT2D eigenvalue weighted by Crippen LogP contribution is -2.41. The predicted octanol–water partition coefficient (Wildman–Crippen LogP) is 1.85. The maximum Gasteiger partial charge on any atom is 0.292 e. The number of hydrogen-bond acceptors (Lipinski definition) is 5. The standard InChI is InChI=1S/C16H24N4O3/c1-17-9-6-13-7-10-19(11-8-13)16(21)12-18-14-4-2-3-5-15(14)20(22)23/h2-5,13,17-18H,6-12H2,1H3. The largest absolute Gasteiger partial charge is 0.371 e. The summed E-state index contributed by atoms with van der Waals surface area (Å²) in [7, 11) is 1.95. The second-order valence-corrected chi connectivity index (χ2v) is 5.84. The van der Waals surface area contributed by atoms with Gasteiger partial charge in [-0.2, -0.15) is 0 Å². The van der Waals surface area contributed by atoms with E-state index in [4.69, 9.17) is 0 Å². The first-order chi connectivity index (χ1) is 11.1. The number of amides is 1. The summed E-state index contributed by atoms with van der Waals surface area (Å²) in [6.45, 7) is 2.64. The Morgan fingerprint density at radius 2 is 2.04 bits per heavy atom. The normalized spacial score (nSPS) is 15.4. The molecule has 0 radical (unpaired) electrons. The molecule has 1 aromatic carbocycles. The number of nitrogens with one attached hydrogen (secondary N) is 2. The molecule has 1 fully saturated rings. The van der Waals surface area contributed by atoms with Crippen LogP contribution in [0.5, 0.6) is 0 Å². The van der Waals surface area contributed by atoms with Gasteiger partial charge in [0.2, 0.25) is 5.91 Å². The summed E-state index contributed by atoms with van der Waals surface area (Å²) in [5, 5.41) is 17.0. The van der Waals surface area contributed by atoms with Crippen molar-refractivity contribution in [2.24, 2.45) is 5.92 Å². The minimum atomic E-state index is -0.444. The third kappa shape index (κ3) is 4.92.